The van der Waals surface area contributed by atoms with Crippen LogP contribution in [0.1, 0.15) is 25.0 Å². The van der Waals surface area contributed by atoms with E-state index < -0.39 is 0 Å². The molecule has 0 radical (unpaired) electrons. The number of aliphatic hydroxyl groups is 1. The maximum Gasteiger partial charge on any atom is 0.225 e. The van der Waals surface area contributed by atoms with E-state index in [9.17, 15) is 5.11 Å². The lowest BCUT2D eigenvalue weighted by Crippen LogP contribution is -2.30. The minimum Gasteiger partial charge on any atom is -0.394 e. The maximum absolute atomic E-state index is 9.68. The molecule has 0 saturated carbocycles. The van der Waals surface area contributed by atoms with Gasteiger partial charge in [0.25, 0.3) is 0 Å². The van der Waals surface area contributed by atoms with Crippen LogP contribution in [0.25, 0.3) is 11.4 Å². The largest absolute Gasteiger partial charge is 0.394 e. The summed E-state index contributed by atoms with van der Waals surface area (Å²) in [6.45, 7) is 8.24. The van der Waals surface area contributed by atoms with Crippen LogP contribution in [0, 0.1) is 19.8 Å². The van der Waals surface area contributed by atoms with Gasteiger partial charge in [-0.05, 0) is 43.0 Å². The molecule has 28 heavy (non-hydrogen) atoms. The third-order valence-electron chi connectivity index (χ3n) is 4.70. The quantitative estimate of drug-likeness (QED) is 0.568. The van der Waals surface area contributed by atoms with Gasteiger partial charge in [0.05, 0.1) is 24.0 Å². The van der Waals surface area contributed by atoms with E-state index in [0.29, 0.717) is 17.5 Å². The molecule has 0 bridgehead atoms. The normalized spacial score (nSPS) is 12.1. The van der Waals surface area contributed by atoms with Gasteiger partial charge in [0.1, 0.15) is 5.82 Å². The molecule has 146 valence electrons. The van der Waals surface area contributed by atoms with Crippen LogP contribution < -0.4 is 10.6 Å². The predicted molar refractivity (Wildman–Crippen MR) is 114 cm³/mol. The monoisotopic (exact) mass is 377 g/mol. The number of benzene rings is 1. The van der Waals surface area contributed by atoms with Crippen molar-refractivity contribution in [3.63, 3.8) is 0 Å². The number of aliphatic hydroxyl groups excluding tert-OH is 1. The number of aryl methyl sites for hydroxylation is 2. The predicted octanol–water partition coefficient (Wildman–Crippen LogP) is 4.33. The lowest BCUT2D eigenvalue weighted by Gasteiger charge is -2.21. The van der Waals surface area contributed by atoms with E-state index >= 15 is 0 Å². The first-order chi connectivity index (χ1) is 13.5. The second-order valence-electron chi connectivity index (χ2n) is 7.25. The second-order valence-corrected chi connectivity index (χ2v) is 7.25. The molecule has 2 heterocycles. The van der Waals surface area contributed by atoms with Crippen LogP contribution in [0.3, 0.4) is 0 Å². The molecule has 0 unspecified atom stereocenters. The highest BCUT2D eigenvalue weighted by atomic mass is 16.3. The molecule has 0 amide bonds. The van der Waals surface area contributed by atoms with Crippen molar-refractivity contribution < 1.29 is 5.11 Å². The molecule has 6 heteroatoms. The number of anilines is 3. The molecular weight excluding hydrogens is 350 g/mol. The van der Waals surface area contributed by atoms with Gasteiger partial charge in [-0.15, -0.1) is 0 Å². The van der Waals surface area contributed by atoms with Crippen molar-refractivity contribution in [1.29, 1.82) is 0 Å². The molecule has 0 saturated heterocycles. The van der Waals surface area contributed by atoms with E-state index in [-0.39, 0.29) is 18.6 Å². The molecule has 2 aromatic heterocycles. The van der Waals surface area contributed by atoms with Crippen LogP contribution >= 0.6 is 0 Å². The number of hydrogen-bond donors (Lipinski definition) is 3. The van der Waals surface area contributed by atoms with Gasteiger partial charge in [-0.2, -0.15) is 4.98 Å². The fourth-order valence-electron chi connectivity index (χ4n) is 2.95. The average molecular weight is 377 g/mol. The number of nitrogens with one attached hydrogen (secondary N) is 2. The Morgan fingerprint density at radius 1 is 0.964 bits per heavy atom. The minimum atomic E-state index is -0.132. The molecule has 6 nitrogen and oxygen atoms in total. The van der Waals surface area contributed by atoms with Gasteiger partial charge >= 0.3 is 0 Å². The van der Waals surface area contributed by atoms with Crippen LogP contribution in [0.4, 0.5) is 17.5 Å². The summed E-state index contributed by atoms with van der Waals surface area (Å²) >= 11 is 0. The molecule has 1 atom stereocenters. The fraction of sp³-hybridized carbons (Fsp3) is 0.318. The van der Waals surface area contributed by atoms with E-state index in [1.165, 1.54) is 0 Å². The summed E-state index contributed by atoms with van der Waals surface area (Å²) in [6.07, 6.45) is 1.74. The standard InChI is InChI=1S/C22H27N5O/c1-14(2)19(13-28)25-22-24-18(17-10-5-6-11-23-17)12-20(27-22)26-21-15(3)8-7-9-16(21)4/h5-12,14,19,28H,13H2,1-4H3,(H2,24,25,26,27)/t19-/m0/s1. The van der Waals surface area contributed by atoms with Crippen LogP contribution in [0.5, 0.6) is 0 Å². The molecule has 3 N–H and O–H groups in total. The number of hydrogen-bond acceptors (Lipinski definition) is 6. The van der Waals surface area contributed by atoms with Crippen molar-refractivity contribution in [2.24, 2.45) is 5.92 Å². The van der Waals surface area contributed by atoms with E-state index in [0.717, 1.165) is 22.5 Å². The van der Waals surface area contributed by atoms with Crippen molar-refractivity contribution in [3.8, 4) is 11.4 Å². The lowest BCUT2D eigenvalue weighted by atomic mass is 10.1. The van der Waals surface area contributed by atoms with Crippen LogP contribution in [0.2, 0.25) is 0 Å². The Morgan fingerprint density at radius 3 is 2.32 bits per heavy atom. The number of para-hydroxylation sites is 1. The van der Waals surface area contributed by atoms with Gasteiger partial charge in [0.2, 0.25) is 5.95 Å². The fourth-order valence-corrected chi connectivity index (χ4v) is 2.95. The van der Waals surface area contributed by atoms with E-state index in [1.54, 1.807) is 6.20 Å². The molecule has 0 fully saturated rings. The van der Waals surface area contributed by atoms with Gasteiger partial charge < -0.3 is 15.7 Å². The Hall–Kier alpha value is -2.99. The zero-order chi connectivity index (χ0) is 20.1. The van der Waals surface area contributed by atoms with Gasteiger partial charge in [-0.1, -0.05) is 38.1 Å². The van der Waals surface area contributed by atoms with Crippen molar-refractivity contribution in [2.45, 2.75) is 33.7 Å². The highest BCUT2D eigenvalue weighted by Gasteiger charge is 2.16. The summed E-state index contributed by atoms with van der Waals surface area (Å²) in [5.74, 6) is 1.38. The van der Waals surface area contributed by atoms with E-state index in [2.05, 4.69) is 51.6 Å². The first-order valence-corrected chi connectivity index (χ1v) is 9.49. The number of aromatic nitrogens is 3. The Labute approximate surface area is 166 Å². The zero-order valence-corrected chi connectivity index (χ0v) is 16.8. The van der Waals surface area contributed by atoms with Gasteiger partial charge in [-0.3, -0.25) is 4.98 Å². The second kappa shape index (κ2) is 8.80. The van der Waals surface area contributed by atoms with E-state index in [4.69, 9.17) is 0 Å². The third-order valence-corrected chi connectivity index (χ3v) is 4.70. The van der Waals surface area contributed by atoms with Crippen LogP contribution in [-0.2, 0) is 0 Å². The topological polar surface area (TPSA) is 83.0 Å². The Kier molecular flexibility index (Phi) is 6.21. The summed E-state index contributed by atoms with van der Waals surface area (Å²) in [6, 6.07) is 13.7. The number of pyridine rings is 1. The SMILES string of the molecule is Cc1cccc(C)c1Nc1cc(-c2ccccn2)nc(N[C@@H](CO)C(C)C)n1. The number of nitrogens with zero attached hydrogens (tertiary/aromatic N) is 3. The maximum atomic E-state index is 9.68. The summed E-state index contributed by atoms with van der Waals surface area (Å²) in [7, 11) is 0. The summed E-state index contributed by atoms with van der Waals surface area (Å²) in [5, 5.41) is 16.4. The summed E-state index contributed by atoms with van der Waals surface area (Å²) < 4.78 is 0. The minimum absolute atomic E-state index is 0.00844. The molecule has 0 aliphatic rings. The number of rotatable bonds is 7. The summed E-state index contributed by atoms with van der Waals surface area (Å²) in [4.78, 5) is 13.7. The Balaban J connectivity index is 2.02. The summed E-state index contributed by atoms with van der Waals surface area (Å²) in [5.41, 5.74) is 4.79. The molecule has 0 spiro atoms. The zero-order valence-electron chi connectivity index (χ0n) is 16.8. The first kappa shape index (κ1) is 19.8. The Bertz CT molecular complexity index is 907. The van der Waals surface area contributed by atoms with Crippen LogP contribution in [0.15, 0.2) is 48.7 Å². The van der Waals surface area contributed by atoms with E-state index in [1.807, 2.05) is 44.2 Å². The highest BCUT2D eigenvalue weighted by molar-refractivity contribution is 5.68. The average Bonchev–Trinajstić information content (AvgIpc) is 2.69. The third kappa shape index (κ3) is 4.64. The molecule has 3 aromatic rings. The smallest absolute Gasteiger partial charge is 0.225 e. The van der Waals surface area contributed by atoms with Crippen LogP contribution in [-0.4, -0.2) is 32.7 Å². The highest BCUT2D eigenvalue weighted by Crippen LogP contribution is 2.26. The molecule has 0 aliphatic carbocycles. The van der Waals surface area contributed by atoms with Crippen molar-refractivity contribution >= 4 is 17.5 Å². The molecule has 0 aliphatic heterocycles. The molecule has 1 aromatic carbocycles. The van der Waals surface area contributed by atoms with Gasteiger partial charge in [0.15, 0.2) is 0 Å². The molecule has 3 rings (SSSR count). The Morgan fingerprint density at radius 2 is 1.71 bits per heavy atom. The first-order valence-electron chi connectivity index (χ1n) is 9.49. The van der Waals surface area contributed by atoms with Crippen molar-refractivity contribution in [2.75, 3.05) is 17.2 Å². The lowest BCUT2D eigenvalue weighted by molar-refractivity contribution is 0.248. The van der Waals surface area contributed by atoms with Crippen molar-refractivity contribution in [1.82, 2.24) is 15.0 Å². The van der Waals surface area contributed by atoms with Gasteiger partial charge in [0, 0.05) is 18.0 Å². The van der Waals surface area contributed by atoms with Crippen molar-refractivity contribution in [3.05, 3.63) is 59.8 Å². The molecular formula is C22H27N5O. The van der Waals surface area contributed by atoms with Gasteiger partial charge in [-0.25, -0.2) is 4.98 Å².